The number of anilines is 1. The number of nitrogens with one attached hydrogen (secondary N) is 1. The highest BCUT2D eigenvalue weighted by molar-refractivity contribution is 5.94. The monoisotopic (exact) mass is 507 g/mol. The van der Waals surface area contributed by atoms with Crippen LogP contribution in [0.5, 0.6) is 5.75 Å². The van der Waals surface area contributed by atoms with Gasteiger partial charge in [0.05, 0.1) is 11.6 Å². The van der Waals surface area contributed by atoms with Crippen LogP contribution < -0.4 is 10.1 Å². The second-order valence-corrected chi connectivity index (χ2v) is 9.35. The smallest absolute Gasteiger partial charge is 0.420 e. The van der Waals surface area contributed by atoms with Crippen molar-refractivity contribution in [2.45, 2.75) is 39.4 Å². The summed E-state index contributed by atoms with van der Waals surface area (Å²) in [5, 5.41) is 12.8. The Balaban J connectivity index is 1.84. The predicted octanol–water partition coefficient (Wildman–Crippen LogP) is 8.17. The van der Waals surface area contributed by atoms with Crippen molar-refractivity contribution in [3.8, 4) is 5.75 Å². The molecule has 0 radical (unpaired) electrons. The zero-order valence-corrected chi connectivity index (χ0v) is 20.8. The lowest BCUT2D eigenvalue weighted by Crippen LogP contribution is -2.24. The lowest BCUT2D eigenvalue weighted by molar-refractivity contribution is -0.0894. The molecule has 2 N–H and O–H groups in total. The highest BCUT2D eigenvalue weighted by Gasteiger charge is 2.43. The molecule has 7 heteroatoms. The van der Waals surface area contributed by atoms with Crippen LogP contribution in [0.25, 0.3) is 5.57 Å². The first-order chi connectivity index (χ1) is 17.5. The maximum Gasteiger partial charge on any atom is 0.420 e. The number of aryl methyl sites for hydroxylation is 1. The van der Waals surface area contributed by atoms with Gasteiger partial charge >= 0.3 is 12.1 Å². The number of fused-ring (bicyclic) bond motifs is 1. The summed E-state index contributed by atoms with van der Waals surface area (Å²) in [5.41, 5.74) is 1.34. The first-order valence-corrected chi connectivity index (χ1v) is 11.9. The molecule has 1 aliphatic heterocycles. The van der Waals surface area contributed by atoms with Crippen molar-refractivity contribution in [3.63, 3.8) is 0 Å². The topological polar surface area (TPSA) is 58.6 Å². The van der Waals surface area contributed by atoms with Gasteiger partial charge in [-0.25, -0.2) is 4.79 Å². The number of ether oxygens (including phenoxy) is 1. The number of alkyl halides is 3. The number of hydrogen-bond donors (Lipinski definition) is 2. The Labute approximate surface area is 214 Å². The Morgan fingerprint density at radius 3 is 2.65 bits per heavy atom. The molecular weight excluding hydrogens is 479 g/mol. The van der Waals surface area contributed by atoms with E-state index < -0.39 is 23.8 Å². The van der Waals surface area contributed by atoms with Gasteiger partial charge < -0.3 is 15.2 Å². The van der Waals surface area contributed by atoms with E-state index in [0.717, 1.165) is 5.56 Å². The van der Waals surface area contributed by atoms with Crippen LogP contribution in [0.1, 0.15) is 53.4 Å². The molecule has 0 aromatic heterocycles. The quantitative estimate of drug-likeness (QED) is 0.429. The second kappa shape index (κ2) is 10.2. The van der Waals surface area contributed by atoms with Crippen LogP contribution in [-0.2, 0) is 0 Å². The van der Waals surface area contributed by atoms with Crippen molar-refractivity contribution in [2.24, 2.45) is 5.92 Å². The van der Waals surface area contributed by atoms with E-state index in [0.29, 0.717) is 23.2 Å². The molecule has 0 amide bonds. The number of aromatic carboxylic acids is 1. The average molecular weight is 508 g/mol. The van der Waals surface area contributed by atoms with Gasteiger partial charge in [0.2, 0.25) is 0 Å². The summed E-state index contributed by atoms with van der Waals surface area (Å²) in [7, 11) is 0. The minimum Gasteiger partial charge on any atom is -0.478 e. The Bertz CT molecular complexity index is 1380. The van der Waals surface area contributed by atoms with Crippen molar-refractivity contribution in [2.75, 3.05) is 5.32 Å². The van der Waals surface area contributed by atoms with Crippen LogP contribution in [-0.4, -0.2) is 17.3 Å². The Hall–Kier alpha value is -4.00. The van der Waals surface area contributed by atoms with Crippen molar-refractivity contribution >= 4 is 17.2 Å². The van der Waals surface area contributed by atoms with E-state index in [4.69, 9.17) is 4.74 Å². The molecule has 4 rings (SSSR count). The molecule has 37 heavy (non-hydrogen) atoms. The second-order valence-electron chi connectivity index (χ2n) is 9.35. The summed E-state index contributed by atoms with van der Waals surface area (Å²) in [6.45, 7) is 9.43. The van der Waals surface area contributed by atoms with E-state index in [1.807, 2.05) is 32.1 Å². The van der Waals surface area contributed by atoms with Crippen LogP contribution in [0.3, 0.4) is 0 Å². The van der Waals surface area contributed by atoms with Crippen LogP contribution in [0.4, 0.5) is 18.9 Å². The number of halogens is 3. The van der Waals surface area contributed by atoms with Crippen molar-refractivity contribution in [1.82, 2.24) is 0 Å². The molecule has 0 bridgehead atoms. The Kier molecular flexibility index (Phi) is 7.16. The predicted molar refractivity (Wildman–Crippen MR) is 140 cm³/mol. The minimum absolute atomic E-state index is 0.0909. The number of allylic oxidation sites excluding steroid dienone is 7. The van der Waals surface area contributed by atoms with Crippen LogP contribution in [0.2, 0.25) is 0 Å². The first kappa shape index (κ1) is 26.1. The lowest BCUT2D eigenvalue weighted by Gasteiger charge is -2.31. The summed E-state index contributed by atoms with van der Waals surface area (Å²) in [5.74, 6) is -0.943. The highest BCUT2D eigenvalue weighted by atomic mass is 19.4. The molecule has 0 saturated carbocycles. The van der Waals surface area contributed by atoms with Crippen LogP contribution >= 0.6 is 0 Å². The molecule has 1 aliphatic carbocycles. The molecular formula is C30H28F3NO3. The SMILES string of the molecule is C=C1C(C(F)(F)F)=C(C2=C\CC(C)/C=C/C=C\2)Oc2c1cc(C)cc2C(C)Nc1ccccc1C(=O)O. The number of carboxylic acid groups (broad SMARTS) is 1. The van der Waals surface area contributed by atoms with E-state index in [-0.39, 0.29) is 34.1 Å². The van der Waals surface area contributed by atoms with E-state index in [2.05, 4.69) is 11.9 Å². The van der Waals surface area contributed by atoms with E-state index in [9.17, 15) is 23.1 Å². The average Bonchev–Trinajstić information content (AvgIpc) is 2.81. The zero-order valence-electron chi connectivity index (χ0n) is 20.8. The summed E-state index contributed by atoms with van der Waals surface area (Å²) in [4.78, 5) is 11.7. The standard InChI is InChI=1S/C30H28F3NO3/c1-17-9-5-6-10-21(14-13-17)27-26(30(31,32)33)19(3)23-15-18(2)16-24(28(23)37-27)20(4)34-25-12-8-7-11-22(25)29(35)36/h5-12,14-17,20,34H,3,13H2,1-2,4H3,(H,35,36)/b9-5+,10-6-,21-14-. The van der Waals surface area contributed by atoms with E-state index in [1.54, 1.807) is 49.4 Å². The van der Waals surface area contributed by atoms with Crippen molar-refractivity contribution in [1.29, 1.82) is 0 Å². The number of para-hydroxylation sites is 1. The summed E-state index contributed by atoms with van der Waals surface area (Å²) >= 11 is 0. The van der Waals surface area contributed by atoms with E-state index >= 15 is 0 Å². The molecule has 1 heterocycles. The normalized spacial score (nSPS) is 21.5. The summed E-state index contributed by atoms with van der Waals surface area (Å²) in [6.07, 6.45) is 4.74. The number of rotatable bonds is 5. The van der Waals surface area contributed by atoms with E-state index in [1.165, 1.54) is 6.07 Å². The minimum atomic E-state index is -4.68. The maximum absolute atomic E-state index is 14.4. The van der Waals surface area contributed by atoms with Gasteiger partial charge in [-0.1, -0.05) is 62.1 Å². The number of benzene rings is 2. The summed E-state index contributed by atoms with van der Waals surface area (Å²) in [6, 6.07) is 9.45. The molecule has 2 aromatic rings. The fourth-order valence-corrected chi connectivity index (χ4v) is 4.54. The number of hydrogen-bond acceptors (Lipinski definition) is 3. The fourth-order valence-electron chi connectivity index (χ4n) is 4.54. The molecule has 0 fully saturated rings. The fraction of sp³-hybridized carbons (Fsp3) is 0.233. The van der Waals surface area contributed by atoms with Crippen LogP contribution in [0, 0.1) is 12.8 Å². The van der Waals surface area contributed by atoms with Gasteiger partial charge in [-0.15, -0.1) is 0 Å². The molecule has 2 atom stereocenters. The molecule has 4 nitrogen and oxygen atoms in total. The molecule has 2 aromatic carbocycles. The number of carboxylic acids is 1. The summed E-state index contributed by atoms with van der Waals surface area (Å²) < 4.78 is 49.3. The first-order valence-electron chi connectivity index (χ1n) is 11.9. The Morgan fingerprint density at radius 1 is 1.22 bits per heavy atom. The van der Waals surface area contributed by atoms with Gasteiger partial charge in [0.25, 0.3) is 0 Å². The molecule has 192 valence electrons. The molecule has 2 aliphatic rings. The zero-order chi connectivity index (χ0) is 26.9. The van der Waals surface area contributed by atoms with Gasteiger partial charge in [0, 0.05) is 22.4 Å². The number of carbonyl (C=O) groups is 1. The third kappa shape index (κ3) is 5.40. The van der Waals surface area contributed by atoms with Gasteiger partial charge in [-0.2, -0.15) is 13.2 Å². The molecule has 2 unspecified atom stereocenters. The largest absolute Gasteiger partial charge is 0.478 e. The van der Waals surface area contributed by atoms with Gasteiger partial charge in [-0.3, -0.25) is 0 Å². The third-order valence-corrected chi connectivity index (χ3v) is 6.40. The van der Waals surface area contributed by atoms with Gasteiger partial charge in [0.1, 0.15) is 17.1 Å². The lowest BCUT2D eigenvalue weighted by atomic mass is 9.87. The van der Waals surface area contributed by atoms with Crippen LogP contribution in [0.15, 0.2) is 90.3 Å². The van der Waals surface area contributed by atoms with Gasteiger partial charge in [-0.05, 0) is 55.5 Å². The van der Waals surface area contributed by atoms with Crippen molar-refractivity contribution in [3.05, 3.63) is 113 Å². The molecule has 0 saturated heterocycles. The third-order valence-electron chi connectivity index (χ3n) is 6.40. The van der Waals surface area contributed by atoms with Crippen molar-refractivity contribution < 1.29 is 27.8 Å². The van der Waals surface area contributed by atoms with Gasteiger partial charge in [0.15, 0.2) is 0 Å². The highest BCUT2D eigenvalue weighted by Crippen LogP contribution is 2.49. The molecule has 0 spiro atoms. The Morgan fingerprint density at radius 2 is 1.95 bits per heavy atom. The maximum atomic E-state index is 14.4.